The minimum atomic E-state index is -0.580. The van der Waals surface area contributed by atoms with E-state index >= 15 is 0 Å². The third-order valence-corrected chi connectivity index (χ3v) is 2.91. The van der Waals surface area contributed by atoms with E-state index in [1.54, 1.807) is 6.07 Å². The van der Waals surface area contributed by atoms with Crippen LogP contribution in [-0.4, -0.2) is 20.9 Å². The number of esters is 1. The summed E-state index contributed by atoms with van der Waals surface area (Å²) in [6.07, 6.45) is 1.29. The van der Waals surface area contributed by atoms with Gasteiger partial charge in [0.25, 0.3) is 5.56 Å². The molecule has 2 heterocycles. The maximum absolute atomic E-state index is 12.0. The Bertz CT molecular complexity index is 843. The standard InChI is InChI=1S/C15H11N3O3/c19-14-13-11(16-9-17-14)6-7-12(18-13)15(20)21-8-10-4-2-1-3-5-10/h1-7,9H,8H2,(H,16,17,19). The molecule has 0 fully saturated rings. The lowest BCUT2D eigenvalue weighted by Gasteiger charge is -2.04. The van der Waals surface area contributed by atoms with Crippen LogP contribution in [0.25, 0.3) is 11.0 Å². The van der Waals surface area contributed by atoms with Gasteiger partial charge in [-0.15, -0.1) is 0 Å². The van der Waals surface area contributed by atoms with Gasteiger partial charge in [0.1, 0.15) is 12.3 Å². The molecule has 0 radical (unpaired) electrons. The Morgan fingerprint density at radius 3 is 2.76 bits per heavy atom. The van der Waals surface area contributed by atoms with Crippen LogP contribution < -0.4 is 5.56 Å². The van der Waals surface area contributed by atoms with Gasteiger partial charge in [0.15, 0.2) is 5.52 Å². The molecule has 3 aromatic rings. The molecular formula is C15H11N3O3. The molecule has 0 amide bonds. The number of carbonyl (C=O) groups is 1. The van der Waals surface area contributed by atoms with Crippen LogP contribution in [0.1, 0.15) is 16.1 Å². The van der Waals surface area contributed by atoms with E-state index < -0.39 is 11.5 Å². The number of rotatable bonds is 3. The van der Waals surface area contributed by atoms with Crippen molar-refractivity contribution in [2.75, 3.05) is 0 Å². The van der Waals surface area contributed by atoms with Gasteiger partial charge in [-0.2, -0.15) is 0 Å². The molecule has 1 N–H and O–H groups in total. The van der Waals surface area contributed by atoms with Crippen molar-refractivity contribution in [3.63, 3.8) is 0 Å². The second-order valence-electron chi connectivity index (χ2n) is 4.36. The number of aromatic nitrogens is 3. The van der Waals surface area contributed by atoms with Crippen LogP contribution in [0.4, 0.5) is 0 Å². The summed E-state index contributed by atoms with van der Waals surface area (Å²) in [4.78, 5) is 34.0. The largest absolute Gasteiger partial charge is 0.456 e. The highest BCUT2D eigenvalue weighted by Crippen LogP contribution is 2.08. The number of nitrogens with one attached hydrogen (secondary N) is 1. The van der Waals surface area contributed by atoms with Crippen molar-refractivity contribution >= 4 is 17.0 Å². The SMILES string of the molecule is O=C(OCc1ccccc1)c1ccc2nc[nH]c(=O)c2n1. The molecule has 1 aromatic carbocycles. The zero-order valence-electron chi connectivity index (χ0n) is 10.9. The lowest BCUT2D eigenvalue weighted by molar-refractivity contribution is 0.0466. The van der Waals surface area contributed by atoms with E-state index in [-0.39, 0.29) is 17.8 Å². The van der Waals surface area contributed by atoms with Crippen LogP contribution in [0, 0.1) is 0 Å². The fraction of sp³-hybridized carbons (Fsp3) is 0.0667. The van der Waals surface area contributed by atoms with Crippen LogP contribution in [0.5, 0.6) is 0 Å². The average Bonchev–Trinajstić information content (AvgIpc) is 2.54. The Labute approximate surface area is 119 Å². The number of aromatic amines is 1. The van der Waals surface area contributed by atoms with Crippen molar-refractivity contribution in [3.05, 3.63) is 70.4 Å². The van der Waals surface area contributed by atoms with E-state index in [0.717, 1.165) is 5.56 Å². The average molecular weight is 281 g/mol. The number of carbonyl (C=O) groups excluding carboxylic acids is 1. The second-order valence-corrected chi connectivity index (χ2v) is 4.36. The van der Waals surface area contributed by atoms with E-state index in [2.05, 4.69) is 15.0 Å². The summed E-state index contributed by atoms with van der Waals surface area (Å²) >= 11 is 0. The molecule has 21 heavy (non-hydrogen) atoms. The number of pyridine rings is 1. The summed E-state index contributed by atoms with van der Waals surface area (Å²) in [6, 6.07) is 12.4. The van der Waals surface area contributed by atoms with E-state index in [9.17, 15) is 9.59 Å². The Morgan fingerprint density at radius 1 is 1.14 bits per heavy atom. The first-order valence-electron chi connectivity index (χ1n) is 6.29. The predicted molar refractivity (Wildman–Crippen MR) is 75.7 cm³/mol. The highest BCUT2D eigenvalue weighted by molar-refractivity contribution is 5.89. The first-order chi connectivity index (χ1) is 10.2. The van der Waals surface area contributed by atoms with E-state index in [1.807, 2.05) is 30.3 Å². The number of hydrogen-bond acceptors (Lipinski definition) is 5. The quantitative estimate of drug-likeness (QED) is 0.738. The Kier molecular flexibility index (Phi) is 3.42. The van der Waals surface area contributed by atoms with Gasteiger partial charge in [-0.3, -0.25) is 4.79 Å². The lowest BCUT2D eigenvalue weighted by atomic mass is 10.2. The fourth-order valence-corrected chi connectivity index (χ4v) is 1.86. The highest BCUT2D eigenvalue weighted by Gasteiger charge is 2.11. The maximum Gasteiger partial charge on any atom is 0.357 e. The predicted octanol–water partition coefficient (Wildman–Crippen LogP) is 1.68. The molecule has 0 aliphatic heterocycles. The molecule has 0 aliphatic carbocycles. The lowest BCUT2D eigenvalue weighted by Crippen LogP contribution is -2.12. The number of nitrogens with zero attached hydrogens (tertiary/aromatic N) is 2. The van der Waals surface area contributed by atoms with Gasteiger partial charge < -0.3 is 9.72 Å². The first-order valence-corrected chi connectivity index (χ1v) is 6.29. The van der Waals surface area contributed by atoms with Gasteiger partial charge in [0, 0.05) is 0 Å². The van der Waals surface area contributed by atoms with Crippen LogP contribution in [0.3, 0.4) is 0 Å². The van der Waals surface area contributed by atoms with Gasteiger partial charge >= 0.3 is 5.97 Å². The molecule has 6 nitrogen and oxygen atoms in total. The monoisotopic (exact) mass is 281 g/mol. The Hall–Kier alpha value is -3.02. The van der Waals surface area contributed by atoms with Gasteiger partial charge in [-0.05, 0) is 17.7 Å². The molecule has 0 spiro atoms. The summed E-state index contributed by atoms with van der Waals surface area (Å²) in [5, 5.41) is 0. The molecule has 6 heteroatoms. The zero-order chi connectivity index (χ0) is 14.7. The molecule has 0 aliphatic rings. The summed E-state index contributed by atoms with van der Waals surface area (Å²) in [7, 11) is 0. The topological polar surface area (TPSA) is 84.9 Å². The van der Waals surface area contributed by atoms with Crippen molar-refractivity contribution in [2.24, 2.45) is 0 Å². The van der Waals surface area contributed by atoms with Crippen LogP contribution in [0.2, 0.25) is 0 Å². The minimum Gasteiger partial charge on any atom is -0.456 e. The number of ether oxygens (including phenoxy) is 1. The van der Waals surface area contributed by atoms with Crippen molar-refractivity contribution in [2.45, 2.75) is 6.61 Å². The molecule has 0 atom stereocenters. The van der Waals surface area contributed by atoms with Crippen LogP contribution in [0.15, 0.2) is 53.6 Å². The zero-order valence-corrected chi connectivity index (χ0v) is 10.9. The first kappa shape index (κ1) is 13.0. The van der Waals surface area contributed by atoms with Gasteiger partial charge in [0.05, 0.1) is 11.8 Å². The van der Waals surface area contributed by atoms with Gasteiger partial charge in [0.2, 0.25) is 0 Å². The van der Waals surface area contributed by atoms with E-state index in [0.29, 0.717) is 5.52 Å². The van der Waals surface area contributed by atoms with E-state index in [1.165, 1.54) is 12.4 Å². The molecule has 3 rings (SSSR count). The smallest absolute Gasteiger partial charge is 0.357 e. The van der Waals surface area contributed by atoms with Gasteiger partial charge in [-0.1, -0.05) is 30.3 Å². The highest BCUT2D eigenvalue weighted by atomic mass is 16.5. The fourth-order valence-electron chi connectivity index (χ4n) is 1.86. The second kappa shape index (κ2) is 5.54. The maximum atomic E-state index is 12.0. The summed E-state index contributed by atoms with van der Waals surface area (Å²) in [5.41, 5.74) is 1.12. The number of hydrogen-bond donors (Lipinski definition) is 1. The molecule has 2 aromatic heterocycles. The Morgan fingerprint density at radius 2 is 1.95 bits per heavy atom. The minimum absolute atomic E-state index is 0.0805. The number of benzene rings is 1. The van der Waals surface area contributed by atoms with Crippen molar-refractivity contribution in [3.8, 4) is 0 Å². The molecular weight excluding hydrogens is 270 g/mol. The number of H-pyrrole nitrogens is 1. The van der Waals surface area contributed by atoms with Crippen molar-refractivity contribution in [1.29, 1.82) is 0 Å². The molecule has 0 saturated carbocycles. The molecule has 104 valence electrons. The van der Waals surface area contributed by atoms with Crippen LogP contribution in [-0.2, 0) is 11.3 Å². The van der Waals surface area contributed by atoms with E-state index in [4.69, 9.17) is 4.74 Å². The van der Waals surface area contributed by atoms with Crippen molar-refractivity contribution in [1.82, 2.24) is 15.0 Å². The normalized spacial score (nSPS) is 10.5. The molecule has 0 bridgehead atoms. The summed E-state index contributed by atoms with van der Waals surface area (Å²) in [6.45, 7) is 0.156. The molecule has 0 saturated heterocycles. The third-order valence-electron chi connectivity index (χ3n) is 2.91. The van der Waals surface area contributed by atoms with Crippen LogP contribution >= 0.6 is 0 Å². The summed E-state index contributed by atoms with van der Waals surface area (Å²) in [5.74, 6) is -0.580. The number of fused-ring (bicyclic) bond motifs is 1. The summed E-state index contributed by atoms with van der Waals surface area (Å²) < 4.78 is 5.17. The van der Waals surface area contributed by atoms with Gasteiger partial charge in [-0.25, -0.2) is 14.8 Å². The van der Waals surface area contributed by atoms with Crippen molar-refractivity contribution < 1.29 is 9.53 Å². The third kappa shape index (κ3) is 2.79. The Balaban J connectivity index is 1.82. The molecule has 0 unspecified atom stereocenters.